The van der Waals surface area contributed by atoms with Crippen LogP contribution < -0.4 is 4.83 Å². The molecule has 16 heavy (non-hydrogen) atoms. The summed E-state index contributed by atoms with van der Waals surface area (Å²) in [4.78, 5) is 2.20. The van der Waals surface area contributed by atoms with Gasteiger partial charge in [-0.15, -0.1) is 0 Å². The summed E-state index contributed by atoms with van der Waals surface area (Å²) in [6, 6.07) is 5.84. The molecule has 0 radical (unpaired) electrons. The minimum atomic E-state index is -3.60. The summed E-state index contributed by atoms with van der Waals surface area (Å²) in [6.07, 6.45) is 4.71. The van der Waals surface area contributed by atoms with E-state index in [0.717, 1.165) is 0 Å². The van der Waals surface area contributed by atoms with Crippen LogP contribution in [0.15, 0.2) is 46.4 Å². The monoisotopic (exact) mass is 258 g/mol. The van der Waals surface area contributed by atoms with Crippen LogP contribution in [0.5, 0.6) is 0 Å². The lowest BCUT2D eigenvalue weighted by Gasteiger charge is -2.02. The van der Waals surface area contributed by atoms with E-state index in [1.807, 2.05) is 0 Å². The molecule has 0 aromatic heterocycles. The zero-order valence-electron chi connectivity index (χ0n) is 8.59. The van der Waals surface area contributed by atoms with Crippen molar-refractivity contribution in [1.82, 2.24) is 4.83 Å². The lowest BCUT2D eigenvalue weighted by atomic mass is 10.4. The van der Waals surface area contributed by atoms with Crippen molar-refractivity contribution in [2.45, 2.75) is 11.8 Å². The van der Waals surface area contributed by atoms with Crippen molar-refractivity contribution in [2.24, 2.45) is 5.10 Å². The van der Waals surface area contributed by atoms with Gasteiger partial charge in [0, 0.05) is 11.2 Å². The first kappa shape index (κ1) is 12.7. The van der Waals surface area contributed by atoms with Gasteiger partial charge in [0.1, 0.15) is 0 Å². The summed E-state index contributed by atoms with van der Waals surface area (Å²) in [6.45, 7) is 1.81. The predicted molar refractivity (Wildman–Crippen MR) is 65.1 cm³/mol. The summed E-state index contributed by atoms with van der Waals surface area (Å²) >= 11 is 5.65. The van der Waals surface area contributed by atoms with Gasteiger partial charge in [0.05, 0.1) is 4.90 Å². The van der Waals surface area contributed by atoms with E-state index in [9.17, 15) is 8.42 Å². The van der Waals surface area contributed by atoms with Crippen LogP contribution >= 0.6 is 11.6 Å². The molecule has 1 rings (SSSR count). The van der Waals surface area contributed by atoms with Crippen molar-refractivity contribution in [2.75, 3.05) is 0 Å². The molecule has 1 N–H and O–H groups in total. The molecule has 0 saturated heterocycles. The summed E-state index contributed by atoms with van der Waals surface area (Å²) in [5.41, 5.74) is 0. The molecule has 6 heteroatoms. The highest BCUT2D eigenvalue weighted by atomic mass is 35.5. The van der Waals surface area contributed by atoms with Crippen LogP contribution in [-0.2, 0) is 10.0 Å². The molecule has 0 aliphatic rings. The normalized spacial score (nSPS) is 12.4. The number of halogens is 1. The predicted octanol–water partition coefficient (Wildman–Crippen LogP) is 2.18. The van der Waals surface area contributed by atoms with Crippen LogP contribution in [0, 0.1) is 0 Å². The van der Waals surface area contributed by atoms with Gasteiger partial charge in [-0.25, -0.2) is 4.83 Å². The molecular formula is C10H11ClN2O2S. The summed E-state index contributed by atoms with van der Waals surface area (Å²) < 4.78 is 23.2. The van der Waals surface area contributed by atoms with Crippen LogP contribution in [-0.4, -0.2) is 14.6 Å². The number of hydrazone groups is 1. The number of sulfonamides is 1. The van der Waals surface area contributed by atoms with Gasteiger partial charge in [-0.1, -0.05) is 17.7 Å². The van der Waals surface area contributed by atoms with Gasteiger partial charge in [-0.05, 0) is 37.3 Å². The zero-order valence-corrected chi connectivity index (χ0v) is 10.2. The lowest BCUT2D eigenvalue weighted by Crippen LogP contribution is -2.17. The van der Waals surface area contributed by atoms with Gasteiger partial charge in [0.15, 0.2) is 0 Å². The standard InChI is InChI=1S/C10H11ClN2O2S/c1-2-3-8-12-13-16(14,15)10-6-4-9(11)5-7-10/h2-8,13H,1H3/b3-2+,12-8+. The van der Waals surface area contributed by atoms with Crippen molar-refractivity contribution in [3.63, 3.8) is 0 Å². The first-order chi connectivity index (χ1) is 7.56. The van der Waals surface area contributed by atoms with Crippen molar-refractivity contribution in [3.8, 4) is 0 Å². The Morgan fingerprint density at radius 2 is 1.94 bits per heavy atom. The van der Waals surface area contributed by atoms with E-state index < -0.39 is 10.0 Å². The Balaban J connectivity index is 2.82. The average molecular weight is 259 g/mol. The third-order valence-electron chi connectivity index (χ3n) is 1.65. The molecule has 0 saturated carbocycles. The maximum Gasteiger partial charge on any atom is 0.276 e. The molecule has 0 bridgehead atoms. The second-order valence-corrected chi connectivity index (χ2v) is 4.95. The molecule has 0 atom stereocenters. The number of nitrogens with one attached hydrogen (secondary N) is 1. The fraction of sp³-hybridized carbons (Fsp3) is 0.100. The molecule has 86 valence electrons. The highest BCUT2D eigenvalue weighted by molar-refractivity contribution is 7.89. The second-order valence-electron chi connectivity index (χ2n) is 2.85. The SMILES string of the molecule is C/C=C/C=N/NS(=O)(=O)c1ccc(Cl)cc1. The minimum Gasteiger partial charge on any atom is -0.200 e. The Morgan fingerprint density at radius 1 is 1.31 bits per heavy atom. The average Bonchev–Trinajstić information content (AvgIpc) is 2.25. The quantitative estimate of drug-likeness (QED) is 0.665. The lowest BCUT2D eigenvalue weighted by molar-refractivity contribution is 0.584. The molecule has 4 nitrogen and oxygen atoms in total. The van der Waals surface area contributed by atoms with Crippen LogP contribution in [0.3, 0.4) is 0 Å². The molecule has 1 aromatic rings. The zero-order chi connectivity index (χ0) is 12.0. The van der Waals surface area contributed by atoms with Crippen LogP contribution in [0.1, 0.15) is 6.92 Å². The van der Waals surface area contributed by atoms with E-state index in [1.54, 1.807) is 19.1 Å². The van der Waals surface area contributed by atoms with E-state index in [1.165, 1.54) is 30.5 Å². The summed E-state index contributed by atoms with van der Waals surface area (Å²) in [5.74, 6) is 0. The van der Waals surface area contributed by atoms with Gasteiger partial charge < -0.3 is 0 Å². The maximum atomic E-state index is 11.6. The Kier molecular flexibility index (Phi) is 4.52. The van der Waals surface area contributed by atoms with E-state index in [-0.39, 0.29) is 4.90 Å². The number of allylic oxidation sites excluding steroid dienone is 2. The molecule has 0 amide bonds. The third-order valence-corrected chi connectivity index (χ3v) is 3.14. The fourth-order valence-electron chi connectivity index (χ4n) is 0.895. The first-order valence-electron chi connectivity index (χ1n) is 4.48. The fourth-order valence-corrected chi connectivity index (χ4v) is 1.82. The van der Waals surface area contributed by atoms with Gasteiger partial charge in [-0.3, -0.25) is 0 Å². The molecule has 0 unspecified atom stereocenters. The van der Waals surface area contributed by atoms with Crippen LogP contribution in [0.4, 0.5) is 0 Å². The van der Waals surface area contributed by atoms with E-state index >= 15 is 0 Å². The van der Waals surface area contributed by atoms with E-state index in [0.29, 0.717) is 5.02 Å². The van der Waals surface area contributed by atoms with Crippen molar-refractivity contribution in [1.29, 1.82) is 0 Å². The Hall–Kier alpha value is -1.33. The Bertz CT molecular complexity index is 492. The van der Waals surface area contributed by atoms with Crippen LogP contribution in [0.2, 0.25) is 5.02 Å². The van der Waals surface area contributed by atoms with Gasteiger partial charge >= 0.3 is 0 Å². The molecule has 1 aromatic carbocycles. The van der Waals surface area contributed by atoms with E-state index in [4.69, 9.17) is 11.6 Å². The molecule has 0 aliphatic carbocycles. The van der Waals surface area contributed by atoms with Crippen molar-refractivity contribution < 1.29 is 8.42 Å². The Morgan fingerprint density at radius 3 is 2.50 bits per heavy atom. The Labute approximate surface area is 99.7 Å². The number of rotatable bonds is 4. The van der Waals surface area contributed by atoms with Crippen molar-refractivity contribution in [3.05, 3.63) is 41.4 Å². The molecule has 0 fully saturated rings. The van der Waals surface area contributed by atoms with Gasteiger partial charge in [-0.2, -0.15) is 13.5 Å². The number of hydrogen-bond acceptors (Lipinski definition) is 3. The van der Waals surface area contributed by atoms with Crippen LogP contribution in [0.25, 0.3) is 0 Å². The van der Waals surface area contributed by atoms with Gasteiger partial charge in [0.25, 0.3) is 10.0 Å². The van der Waals surface area contributed by atoms with E-state index in [2.05, 4.69) is 9.93 Å². The summed E-state index contributed by atoms with van der Waals surface area (Å²) in [7, 11) is -3.60. The summed E-state index contributed by atoms with van der Waals surface area (Å²) in [5, 5.41) is 4.03. The van der Waals surface area contributed by atoms with Gasteiger partial charge in [0.2, 0.25) is 0 Å². The number of hydrogen-bond donors (Lipinski definition) is 1. The maximum absolute atomic E-state index is 11.6. The highest BCUT2D eigenvalue weighted by Crippen LogP contribution is 2.13. The number of benzene rings is 1. The molecule has 0 heterocycles. The molecule has 0 spiro atoms. The largest absolute Gasteiger partial charge is 0.276 e. The topological polar surface area (TPSA) is 58.5 Å². The second kappa shape index (κ2) is 5.67. The third kappa shape index (κ3) is 3.67. The number of nitrogens with zero attached hydrogens (tertiary/aromatic N) is 1. The molecule has 0 aliphatic heterocycles. The highest BCUT2D eigenvalue weighted by Gasteiger charge is 2.11. The smallest absolute Gasteiger partial charge is 0.200 e. The first-order valence-corrected chi connectivity index (χ1v) is 6.34. The minimum absolute atomic E-state index is 0.120. The molecular weight excluding hydrogens is 248 g/mol. The van der Waals surface area contributed by atoms with Crippen molar-refractivity contribution >= 4 is 27.8 Å².